The topological polar surface area (TPSA) is 89.5 Å². The number of nitrogens with one attached hydrogen (secondary N) is 1. The average Bonchev–Trinajstić information content (AvgIpc) is 3.52. The molecule has 1 aliphatic rings. The Labute approximate surface area is 192 Å². The first-order chi connectivity index (χ1) is 15.7. The van der Waals surface area contributed by atoms with E-state index in [4.69, 9.17) is 0 Å². The Hall–Kier alpha value is -2.98. The fourth-order valence-corrected chi connectivity index (χ4v) is 6.66. The van der Waals surface area contributed by atoms with E-state index in [1.165, 1.54) is 28.6 Å². The lowest BCUT2D eigenvalue weighted by Crippen LogP contribution is -2.24. The van der Waals surface area contributed by atoms with E-state index in [2.05, 4.69) is 32.5 Å². The molecule has 5 aromatic rings. The van der Waals surface area contributed by atoms with Crippen LogP contribution in [-0.2, 0) is 24.2 Å². The van der Waals surface area contributed by atoms with E-state index >= 15 is 0 Å². The Bertz CT molecular complexity index is 1450. The Balaban J connectivity index is 1.34. The lowest BCUT2D eigenvalue weighted by Gasteiger charge is -2.17. The molecule has 6 rings (SSSR count). The highest BCUT2D eigenvalue weighted by atomic mass is 32.2. The molecule has 1 aliphatic carbocycles. The molecule has 1 aromatic carbocycles. The van der Waals surface area contributed by atoms with Crippen LogP contribution in [0.2, 0.25) is 0 Å². The minimum atomic E-state index is -0.0343. The smallest absolute Gasteiger partial charge is 0.260 e. The van der Waals surface area contributed by atoms with Gasteiger partial charge in [0.1, 0.15) is 11.2 Å². The van der Waals surface area contributed by atoms with Crippen molar-refractivity contribution < 1.29 is 4.79 Å². The number of amides is 1. The van der Waals surface area contributed by atoms with Gasteiger partial charge >= 0.3 is 0 Å². The zero-order chi connectivity index (χ0) is 21.7. The number of thiophene rings is 1. The van der Waals surface area contributed by atoms with Crippen molar-refractivity contribution in [1.82, 2.24) is 34.5 Å². The third-order valence-corrected chi connectivity index (χ3v) is 8.11. The van der Waals surface area contributed by atoms with Crippen LogP contribution < -0.4 is 5.32 Å². The molecule has 0 saturated carbocycles. The van der Waals surface area contributed by atoms with E-state index in [-0.39, 0.29) is 11.7 Å². The summed E-state index contributed by atoms with van der Waals surface area (Å²) in [6.07, 6.45) is 4.89. The standard InChI is InChI=1S/C22H21N7OS2/c1-13-7-8-15-16(9-13)32-20-18(15)19-24-12-25-29(19)21-26-27-22(28(20)21)31-11-17(30)23-10-14-5-3-2-4-6-14/h2-6,12-13H,7-11H2,1H3,(H,23,30). The van der Waals surface area contributed by atoms with Gasteiger partial charge in [0.2, 0.25) is 5.91 Å². The minimum absolute atomic E-state index is 0.0343. The molecular formula is C22H21N7OS2. The number of fused-ring (bicyclic) bond motifs is 8. The number of thioether (sulfide) groups is 1. The van der Waals surface area contributed by atoms with Crippen molar-refractivity contribution in [3.8, 4) is 0 Å². The SMILES string of the molecule is CC1CCc2c(sc3c2c2ncnn2c2nnc(SCC(=O)NCc4ccccc4)n32)C1. The van der Waals surface area contributed by atoms with Crippen LogP contribution in [0.1, 0.15) is 29.3 Å². The van der Waals surface area contributed by atoms with Crippen LogP contribution in [-0.4, -0.2) is 40.9 Å². The first-order valence-electron chi connectivity index (χ1n) is 10.6. The highest BCUT2D eigenvalue weighted by Gasteiger charge is 2.26. The molecule has 32 heavy (non-hydrogen) atoms. The van der Waals surface area contributed by atoms with Crippen LogP contribution in [0.5, 0.6) is 0 Å². The molecule has 1 N–H and O–H groups in total. The van der Waals surface area contributed by atoms with Crippen molar-refractivity contribution in [2.24, 2.45) is 5.92 Å². The second-order valence-corrected chi connectivity index (χ2v) is 10.2. The Morgan fingerprint density at radius 1 is 1.28 bits per heavy atom. The molecule has 0 bridgehead atoms. The quantitative estimate of drug-likeness (QED) is 0.401. The normalized spacial score (nSPS) is 16.1. The number of carbonyl (C=O) groups is 1. The number of nitrogens with zero attached hydrogens (tertiary/aromatic N) is 6. The average molecular weight is 464 g/mol. The van der Waals surface area contributed by atoms with Gasteiger partial charge in [0.05, 0.1) is 11.1 Å². The predicted molar refractivity (Wildman–Crippen MR) is 125 cm³/mol. The highest BCUT2D eigenvalue weighted by Crippen LogP contribution is 2.40. The molecule has 1 amide bonds. The largest absolute Gasteiger partial charge is 0.351 e. The minimum Gasteiger partial charge on any atom is -0.351 e. The molecule has 0 fully saturated rings. The zero-order valence-electron chi connectivity index (χ0n) is 17.5. The Morgan fingerprint density at radius 3 is 3.03 bits per heavy atom. The van der Waals surface area contributed by atoms with Crippen LogP contribution in [0.25, 0.3) is 21.6 Å². The lowest BCUT2D eigenvalue weighted by molar-refractivity contribution is -0.118. The maximum Gasteiger partial charge on any atom is 0.260 e. The molecule has 4 heterocycles. The van der Waals surface area contributed by atoms with Gasteiger partial charge in [0, 0.05) is 11.4 Å². The molecular weight excluding hydrogens is 442 g/mol. The molecule has 4 aromatic heterocycles. The van der Waals surface area contributed by atoms with Crippen LogP contribution in [0.4, 0.5) is 0 Å². The lowest BCUT2D eigenvalue weighted by atomic mass is 9.89. The number of carbonyl (C=O) groups excluding carboxylic acids is 1. The van der Waals surface area contributed by atoms with Gasteiger partial charge in [-0.05, 0) is 36.3 Å². The van der Waals surface area contributed by atoms with Crippen LogP contribution in [0.15, 0.2) is 41.8 Å². The Kier molecular flexibility index (Phi) is 4.83. The molecule has 162 valence electrons. The first-order valence-corrected chi connectivity index (χ1v) is 12.4. The van der Waals surface area contributed by atoms with Crippen molar-refractivity contribution in [2.45, 2.75) is 37.9 Å². The Morgan fingerprint density at radius 2 is 2.16 bits per heavy atom. The van der Waals surface area contributed by atoms with Gasteiger partial charge in [-0.25, -0.2) is 9.38 Å². The molecule has 8 nitrogen and oxygen atoms in total. The van der Waals surface area contributed by atoms with Gasteiger partial charge in [-0.15, -0.1) is 21.5 Å². The number of rotatable bonds is 5. The molecule has 10 heteroatoms. The summed E-state index contributed by atoms with van der Waals surface area (Å²) in [4.78, 5) is 19.5. The van der Waals surface area contributed by atoms with Gasteiger partial charge in [0.25, 0.3) is 5.78 Å². The van der Waals surface area contributed by atoms with Crippen molar-refractivity contribution in [1.29, 1.82) is 0 Å². The van der Waals surface area contributed by atoms with E-state index in [1.807, 2.05) is 34.7 Å². The number of aromatic nitrogens is 6. The second-order valence-electron chi connectivity index (χ2n) is 8.20. The molecule has 0 saturated heterocycles. The van der Waals surface area contributed by atoms with Gasteiger partial charge in [-0.1, -0.05) is 49.0 Å². The summed E-state index contributed by atoms with van der Waals surface area (Å²) in [5.74, 6) is 1.55. The van der Waals surface area contributed by atoms with Crippen molar-refractivity contribution >= 4 is 50.6 Å². The van der Waals surface area contributed by atoms with Gasteiger partial charge in [-0.2, -0.15) is 9.61 Å². The first kappa shape index (κ1) is 19.7. The van der Waals surface area contributed by atoms with Crippen LogP contribution in [0, 0.1) is 5.92 Å². The number of hydrogen-bond donors (Lipinski definition) is 1. The second kappa shape index (κ2) is 7.86. The van der Waals surface area contributed by atoms with E-state index in [0.717, 1.165) is 34.3 Å². The van der Waals surface area contributed by atoms with Crippen LogP contribution >= 0.6 is 23.1 Å². The number of aryl methyl sites for hydroxylation is 1. The molecule has 0 radical (unpaired) electrons. The van der Waals surface area contributed by atoms with E-state index < -0.39 is 0 Å². The van der Waals surface area contributed by atoms with E-state index in [9.17, 15) is 4.79 Å². The summed E-state index contributed by atoms with van der Waals surface area (Å²) in [5, 5.41) is 18.0. The maximum absolute atomic E-state index is 12.5. The van der Waals surface area contributed by atoms with E-state index in [0.29, 0.717) is 23.4 Å². The van der Waals surface area contributed by atoms with Gasteiger partial charge in [0.15, 0.2) is 10.8 Å². The maximum atomic E-state index is 12.5. The van der Waals surface area contributed by atoms with Crippen molar-refractivity contribution in [3.63, 3.8) is 0 Å². The summed E-state index contributed by atoms with van der Waals surface area (Å²) >= 11 is 3.19. The van der Waals surface area contributed by atoms with E-state index in [1.54, 1.807) is 22.2 Å². The summed E-state index contributed by atoms with van der Waals surface area (Å²) in [5.41, 5.74) is 3.30. The highest BCUT2D eigenvalue weighted by molar-refractivity contribution is 7.99. The van der Waals surface area contributed by atoms with Crippen LogP contribution in [0.3, 0.4) is 0 Å². The fourth-order valence-electron chi connectivity index (χ4n) is 4.33. The summed E-state index contributed by atoms with van der Waals surface area (Å²) in [6.45, 7) is 2.82. The summed E-state index contributed by atoms with van der Waals surface area (Å²) in [7, 11) is 0. The molecule has 0 aliphatic heterocycles. The molecule has 0 spiro atoms. The van der Waals surface area contributed by atoms with Crippen molar-refractivity contribution in [2.75, 3.05) is 5.75 Å². The van der Waals surface area contributed by atoms with Gasteiger partial charge in [-0.3, -0.25) is 4.79 Å². The number of benzene rings is 1. The third kappa shape index (κ3) is 3.25. The summed E-state index contributed by atoms with van der Waals surface area (Å²) in [6, 6.07) is 9.90. The van der Waals surface area contributed by atoms with Gasteiger partial charge < -0.3 is 5.32 Å². The predicted octanol–water partition coefficient (Wildman–Crippen LogP) is 3.52. The molecule has 1 unspecified atom stereocenters. The fraction of sp³-hybridized carbons (Fsp3) is 0.318. The third-order valence-electron chi connectivity index (χ3n) is 5.94. The number of hydrogen-bond acceptors (Lipinski definition) is 7. The summed E-state index contributed by atoms with van der Waals surface area (Å²) < 4.78 is 3.81. The zero-order valence-corrected chi connectivity index (χ0v) is 19.1. The monoisotopic (exact) mass is 463 g/mol. The van der Waals surface area contributed by atoms with Crippen molar-refractivity contribution in [3.05, 3.63) is 52.7 Å². The molecule has 1 atom stereocenters.